The van der Waals surface area contributed by atoms with E-state index in [0.717, 1.165) is 31.2 Å². The summed E-state index contributed by atoms with van der Waals surface area (Å²) in [5.74, 6) is 0. The predicted octanol–water partition coefficient (Wildman–Crippen LogP) is 3.91. The van der Waals surface area contributed by atoms with Gasteiger partial charge in [0.2, 0.25) is 6.08 Å². The molecule has 0 saturated heterocycles. The number of isocyanates is 1. The van der Waals surface area contributed by atoms with E-state index in [1.54, 1.807) is 24.3 Å². The van der Waals surface area contributed by atoms with Gasteiger partial charge in [0.25, 0.3) is 0 Å². The second-order valence-electron chi connectivity index (χ2n) is 4.39. The van der Waals surface area contributed by atoms with Crippen LogP contribution in [0.5, 0.6) is 0 Å². The van der Waals surface area contributed by atoms with Crippen molar-refractivity contribution < 1.29 is 9.18 Å². The molecule has 0 spiro atoms. The number of halogens is 2. The van der Waals surface area contributed by atoms with Crippen LogP contribution in [0.25, 0.3) is 0 Å². The molecule has 0 N–H and O–H groups in total. The zero-order valence-corrected chi connectivity index (χ0v) is 10.1. The van der Waals surface area contributed by atoms with E-state index < -0.39 is 12.2 Å². The molecule has 1 aliphatic rings. The van der Waals surface area contributed by atoms with Crippen LogP contribution in [0.1, 0.15) is 36.8 Å². The van der Waals surface area contributed by atoms with E-state index >= 15 is 0 Å². The minimum atomic E-state index is -0.538. The van der Waals surface area contributed by atoms with E-state index in [-0.39, 0.29) is 0 Å². The highest BCUT2D eigenvalue weighted by Crippen LogP contribution is 2.44. The first kappa shape index (κ1) is 12.3. The lowest BCUT2D eigenvalue weighted by molar-refractivity contribution is 0.454. The van der Waals surface area contributed by atoms with Crippen LogP contribution in [0.3, 0.4) is 0 Å². The molecular formula is C13H13ClFNO. The van der Waals surface area contributed by atoms with E-state index in [9.17, 15) is 9.18 Å². The third-order valence-electron chi connectivity index (χ3n) is 3.38. The van der Waals surface area contributed by atoms with Crippen LogP contribution in [0.15, 0.2) is 23.2 Å². The van der Waals surface area contributed by atoms with Crippen molar-refractivity contribution in [2.24, 2.45) is 4.99 Å². The summed E-state index contributed by atoms with van der Waals surface area (Å²) in [7, 11) is 0. The molecule has 0 unspecified atom stereocenters. The molecule has 1 fully saturated rings. The van der Waals surface area contributed by atoms with Crippen molar-refractivity contribution in [2.45, 2.75) is 37.9 Å². The van der Waals surface area contributed by atoms with Gasteiger partial charge in [0, 0.05) is 5.02 Å². The highest BCUT2D eigenvalue weighted by atomic mass is 35.5. The Kier molecular flexibility index (Phi) is 3.60. The Balaban J connectivity index is 2.47. The zero-order valence-electron chi connectivity index (χ0n) is 9.38. The SMILES string of the molecule is O=C=NC1(c2ccc(CF)cc2Cl)CCCC1. The largest absolute Gasteiger partial charge is 0.246 e. The molecule has 2 nitrogen and oxygen atoms in total. The highest BCUT2D eigenvalue weighted by Gasteiger charge is 2.37. The Morgan fingerprint density at radius 1 is 1.41 bits per heavy atom. The van der Waals surface area contributed by atoms with Crippen LogP contribution < -0.4 is 0 Å². The van der Waals surface area contributed by atoms with E-state index in [0.29, 0.717) is 10.6 Å². The van der Waals surface area contributed by atoms with Gasteiger partial charge in [-0.25, -0.2) is 9.18 Å². The second kappa shape index (κ2) is 4.99. The Morgan fingerprint density at radius 3 is 2.65 bits per heavy atom. The zero-order chi connectivity index (χ0) is 12.3. The molecular weight excluding hydrogens is 241 g/mol. The number of hydrogen-bond acceptors (Lipinski definition) is 2. The first-order valence-electron chi connectivity index (χ1n) is 5.66. The smallest absolute Gasteiger partial charge is 0.235 e. The van der Waals surface area contributed by atoms with Gasteiger partial charge in [-0.1, -0.05) is 36.6 Å². The van der Waals surface area contributed by atoms with Crippen molar-refractivity contribution in [1.29, 1.82) is 0 Å². The lowest BCUT2D eigenvalue weighted by atomic mass is 9.88. The summed E-state index contributed by atoms with van der Waals surface area (Å²) in [4.78, 5) is 14.5. The second-order valence-corrected chi connectivity index (χ2v) is 4.80. The molecule has 0 atom stereocenters. The molecule has 0 bridgehead atoms. The van der Waals surface area contributed by atoms with Gasteiger partial charge in [-0.2, -0.15) is 4.99 Å². The first-order chi connectivity index (χ1) is 8.22. The summed E-state index contributed by atoms with van der Waals surface area (Å²) < 4.78 is 12.5. The molecule has 1 aromatic carbocycles. The van der Waals surface area contributed by atoms with Gasteiger partial charge in [-0.05, 0) is 30.0 Å². The fourth-order valence-corrected chi connectivity index (χ4v) is 2.89. The fourth-order valence-electron chi connectivity index (χ4n) is 2.51. The average molecular weight is 254 g/mol. The van der Waals surface area contributed by atoms with Crippen molar-refractivity contribution in [3.63, 3.8) is 0 Å². The van der Waals surface area contributed by atoms with Crippen molar-refractivity contribution in [3.8, 4) is 0 Å². The third-order valence-corrected chi connectivity index (χ3v) is 3.69. The summed E-state index contributed by atoms with van der Waals surface area (Å²) in [6.45, 7) is -0.538. The normalized spacial score (nSPS) is 17.8. The maximum atomic E-state index is 12.5. The van der Waals surface area contributed by atoms with E-state index in [4.69, 9.17) is 11.6 Å². The fraction of sp³-hybridized carbons (Fsp3) is 0.462. The Morgan fingerprint density at radius 2 is 2.12 bits per heavy atom. The van der Waals surface area contributed by atoms with Gasteiger partial charge in [0.05, 0.1) is 5.54 Å². The van der Waals surface area contributed by atoms with Crippen LogP contribution in [-0.4, -0.2) is 6.08 Å². The van der Waals surface area contributed by atoms with Crippen molar-refractivity contribution in [2.75, 3.05) is 0 Å². The third kappa shape index (κ3) is 2.26. The number of hydrogen-bond donors (Lipinski definition) is 0. The van der Waals surface area contributed by atoms with Gasteiger partial charge < -0.3 is 0 Å². The molecule has 0 heterocycles. The molecule has 0 amide bonds. The molecule has 0 aromatic heterocycles. The topological polar surface area (TPSA) is 29.4 Å². The molecule has 1 aromatic rings. The lowest BCUT2D eigenvalue weighted by Crippen LogP contribution is -2.19. The van der Waals surface area contributed by atoms with Gasteiger partial charge in [0.1, 0.15) is 6.67 Å². The minimum Gasteiger partial charge on any atom is -0.246 e. The minimum absolute atomic E-state index is 0.487. The molecule has 2 rings (SSSR count). The first-order valence-corrected chi connectivity index (χ1v) is 6.03. The lowest BCUT2D eigenvalue weighted by Gasteiger charge is -2.24. The number of benzene rings is 1. The van der Waals surface area contributed by atoms with Crippen molar-refractivity contribution in [3.05, 3.63) is 34.3 Å². The summed E-state index contributed by atoms with van der Waals surface area (Å²) in [5, 5.41) is 0.487. The highest BCUT2D eigenvalue weighted by molar-refractivity contribution is 6.31. The van der Waals surface area contributed by atoms with Gasteiger partial charge in [-0.15, -0.1) is 0 Å². The van der Waals surface area contributed by atoms with E-state index in [1.807, 2.05) is 0 Å². The summed E-state index contributed by atoms with van der Waals surface area (Å²) in [6.07, 6.45) is 5.29. The van der Waals surface area contributed by atoms with Gasteiger partial charge in [-0.3, -0.25) is 0 Å². The maximum Gasteiger partial charge on any atom is 0.235 e. The van der Waals surface area contributed by atoms with Crippen LogP contribution in [0.2, 0.25) is 5.02 Å². The molecule has 4 heteroatoms. The Bertz CT molecular complexity index is 462. The number of alkyl halides is 1. The van der Waals surface area contributed by atoms with Crippen LogP contribution in [-0.2, 0) is 17.0 Å². The number of aliphatic imine (C=N–C) groups is 1. The number of rotatable bonds is 3. The Hall–Kier alpha value is -1.18. The van der Waals surface area contributed by atoms with Gasteiger partial charge >= 0.3 is 0 Å². The van der Waals surface area contributed by atoms with Crippen LogP contribution in [0, 0.1) is 0 Å². The van der Waals surface area contributed by atoms with Crippen molar-refractivity contribution in [1.82, 2.24) is 0 Å². The van der Waals surface area contributed by atoms with Crippen molar-refractivity contribution >= 4 is 17.7 Å². The quantitative estimate of drug-likeness (QED) is 0.593. The molecule has 1 saturated carbocycles. The number of nitrogens with zero attached hydrogens (tertiary/aromatic N) is 1. The molecule has 0 radical (unpaired) electrons. The summed E-state index contributed by atoms with van der Waals surface area (Å²) in [5.41, 5.74) is 0.826. The molecule has 0 aliphatic heterocycles. The molecule has 90 valence electrons. The Labute approximate surface area is 105 Å². The van der Waals surface area contributed by atoms with Crippen LogP contribution in [0.4, 0.5) is 4.39 Å². The monoisotopic (exact) mass is 253 g/mol. The standard InChI is InChI=1S/C13H13ClFNO/c14-12-7-10(8-15)3-4-11(12)13(16-9-17)5-1-2-6-13/h3-4,7H,1-2,5-6,8H2. The van der Waals surface area contributed by atoms with Gasteiger partial charge in [0.15, 0.2) is 0 Å². The predicted molar refractivity (Wildman–Crippen MR) is 64.5 cm³/mol. The summed E-state index contributed by atoms with van der Waals surface area (Å²) >= 11 is 6.16. The van der Waals surface area contributed by atoms with Crippen LogP contribution >= 0.6 is 11.6 Å². The number of carbonyl (C=O) groups excluding carboxylic acids is 1. The summed E-state index contributed by atoms with van der Waals surface area (Å²) in [6, 6.07) is 5.09. The molecule has 17 heavy (non-hydrogen) atoms. The molecule has 1 aliphatic carbocycles. The van der Waals surface area contributed by atoms with E-state index in [1.165, 1.54) is 0 Å². The average Bonchev–Trinajstić information content (AvgIpc) is 2.79. The maximum absolute atomic E-state index is 12.5. The van der Waals surface area contributed by atoms with E-state index in [2.05, 4.69) is 4.99 Å².